The van der Waals surface area contributed by atoms with Crippen LogP contribution in [0.25, 0.3) is 0 Å². The van der Waals surface area contributed by atoms with Gasteiger partial charge in [0.15, 0.2) is 0 Å². The van der Waals surface area contributed by atoms with Gasteiger partial charge in [0.25, 0.3) is 5.91 Å². The van der Waals surface area contributed by atoms with Gasteiger partial charge in [-0.2, -0.15) is 0 Å². The maximum atomic E-state index is 12.1. The lowest BCUT2D eigenvalue weighted by Gasteiger charge is -2.10. The van der Waals surface area contributed by atoms with E-state index in [-0.39, 0.29) is 18.4 Å². The summed E-state index contributed by atoms with van der Waals surface area (Å²) >= 11 is 0. The quantitative estimate of drug-likeness (QED) is 0.518. The molecule has 2 aromatic carbocycles. The van der Waals surface area contributed by atoms with Gasteiger partial charge in [0, 0.05) is 30.6 Å². The first-order valence-electron chi connectivity index (χ1n) is 9.26. The summed E-state index contributed by atoms with van der Waals surface area (Å²) in [5, 5.41) is 8.67. The van der Waals surface area contributed by atoms with E-state index in [1.54, 1.807) is 49.6 Å². The first-order chi connectivity index (χ1) is 13.6. The third-order valence-electron chi connectivity index (χ3n) is 3.81. The van der Waals surface area contributed by atoms with Crippen molar-refractivity contribution in [2.24, 2.45) is 0 Å². The van der Waals surface area contributed by atoms with E-state index in [0.717, 1.165) is 6.42 Å². The molecule has 150 valence electrons. The van der Waals surface area contributed by atoms with E-state index >= 15 is 0 Å². The second-order valence-electron chi connectivity index (χ2n) is 6.10. The smallest absolute Gasteiger partial charge is 0.251 e. The fourth-order valence-electron chi connectivity index (χ4n) is 2.38. The van der Waals surface area contributed by atoms with E-state index in [4.69, 9.17) is 9.47 Å². The fraction of sp³-hybridized carbons (Fsp3) is 0.333. The number of carbonyl (C=O) groups is 2. The summed E-state index contributed by atoms with van der Waals surface area (Å²) in [4.78, 5) is 24.2. The minimum Gasteiger partial charge on any atom is -0.491 e. The summed E-state index contributed by atoms with van der Waals surface area (Å²) < 4.78 is 10.4. The second-order valence-corrected chi connectivity index (χ2v) is 6.10. The summed E-state index contributed by atoms with van der Waals surface area (Å²) in [6.45, 7) is 3.72. The Morgan fingerprint density at radius 1 is 1.00 bits per heavy atom. The Hall–Kier alpha value is -3.06. The van der Waals surface area contributed by atoms with Crippen molar-refractivity contribution in [2.45, 2.75) is 13.3 Å². The Labute approximate surface area is 165 Å². The van der Waals surface area contributed by atoms with E-state index in [1.165, 1.54) is 0 Å². The Morgan fingerprint density at radius 2 is 1.79 bits per heavy atom. The molecule has 2 amide bonds. The number of hydrogen-bond donors (Lipinski definition) is 3. The molecule has 0 radical (unpaired) electrons. The number of carbonyl (C=O) groups excluding carboxylic acids is 2. The summed E-state index contributed by atoms with van der Waals surface area (Å²) in [5.74, 6) is 0.406. The molecular formula is C21H27N3O4. The minimum absolute atomic E-state index is 0.0894. The molecule has 0 bridgehead atoms. The van der Waals surface area contributed by atoms with Crippen molar-refractivity contribution in [3.63, 3.8) is 0 Å². The summed E-state index contributed by atoms with van der Waals surface area (Å²) in [6, 6.07) is 14.2. The zero-order chi connectivity index (χ0) is 20.2. The molecule has 0 aliphatic carbocycles. The first kappa shape index (κ1) is 21.2. The summed E-state index contributed by atoms with van der Waals surface area (Å²) in [5.41, 5.74) is 1.95. The molecule has 2 rings (SSSR count). The van der Waals surface area contributed by atoms with Gasteiger partial charge in [-0.15, -0.1) is 0 Å². The van der Waals surface area contributed by atoms with Crippen LogP contribution in [-0.2, 0) is 9.53 Å². The summed E-state index contributed by atoms with van der Waals surface area (Å²) in [7, 11) is 1.62. The number of hydrogen-bond acceptors (Lipinski definition) is 5. The molecule has 28 heavy (non-hydrogen) atoms. The minimum atomic E-state index is -0.186. The van der Waals surface area contributed by atoms with Crippen molar-refractivity contribution < 1.29 is 19.1 Å². The maximum Gasteiger partial charge on any atom is 0.251 e. The third kappa shape index (κ3) is 7.28. The highest BCUT2D eigenvalue weighted by molar-refractivity contribution is 5.96. The Morgan fingerprint density at radius 3 is 2.50 bits per heavy atom. The molecule has 7 heteroatoms. The predicted molar refractivity (Wildman–Crippen MR) is 110 cm³/mol. The van der Waals surface area contributed by atoms with E-state index in [2.05, 4.69) is 16.0 Å². The Bertz CT molecular complexity index is 763. The largest absolute Gasteiger partial charge is 0.491 e. The number of anilines is 2. The highest BCUT2D eigenvalue weighted by Crippen LogP contribution is 2.16. The molecular weight excluding hydrogens is 358 g/mol. The van der Waals surface area contributed by atoms with Crippen molar-refractivity contribution >= 4 is 23.2 Å². The molecule has 0 aliphatic rings. The molecule has 0 saturated heterocycles. The van der Waals surface area contributed by atoms with Crippen molar-refractivity contribution in [2.75, 3.05) is 44.0 Å². The Kier molecular flexibility index (Phi) is 8.81. The van der Waals surface area contributed by atoms with Gasteiger partial charge < -0.3 is 25.4 Å². The van der Waals surface area contributed by atoms with Crippen LogP contribution < -0.4 is 20.7 Å². The van der Waals surface area contributed by atoms with Gasteiger partial charge in [-0.05, 0) is 48.9 Å². The number of methoxy groups -OCH3 is 1. The highest BCUT2D eigenvalue weighted by Gasteiger charge is 2.07. The molecule has 0 fully saturated rings. The van der Waals surface area contributed by atoms with Gasteiger partial charge in [0.1, 0.15) is 12.4 Å². The van der Waals surface area contributed by atoms with Crippen LogP contribution in [0.3, 0.4) is 0 Å². The highest BCUT2D eigenvalue weighted by atomic mass is 16.5. The van der Waals surface area contributed by atoms with Crippen LogP contribution in [0, 0.1) is 0 Å². The van der Waals surface area contributed by atoms with Crippen molar-refractivity contribution in [3.8, 4) is 5.75 Å². The number of nitrogens with one attached hydrogen (secondary N) is 3. The molecule has 0 spiro atoms. The molecule has 7 nitrogen and oxygen atoms in total. The van der Waals surface area contributed by atoms with Crippen LogP contribution in [0.4, 0.5) is 11.4 Å². The molecule has 0 aromatic heterocycles. The zero-order valence-corrected chi connectivity index (χ0v) is 16.3. The fourth-order valence-corrected chi connectivity index (χ4v) is 2.38. The zero-order valence-electron chi connectivity index (χ0n) is 16.3. The van der Waals surface area contributed by atoms with E-state index in [9.17, 15) is 9.59 Å². The molecule has 0 heterocycles. The molecule has 0 atom stereocenters. The van der Waals surface area contributed by atoms with Crippen LogP contribution in [0.1, 0.15) is 23.7 Å². The number of benzene rings is 2. The summed E-state index contributed by atoms with van der Waals surface area (Å²) in [6.07, 6.45) is 0.879. The molecule has 3 N–H and O–H groups in total. The number of amides is 2. The predicted octanol–water partition coefficient (Wildman–Crippen LogP) is 2.90. The van der Waals surface area contributed by atoms with E-state index in [0.29, 0.717) is 42.4 Å². The van der Waals surface area contributed by atoms with Gasteiger partial charge in [-0.25, -0.2) is 0 Å². The topological polar surface area (TPSA) is 88.7 Å². The average Bonchev–Trinajstić information content (AvgIpc) is 2.72. The SMILES string of the molecule is CCCNC(=O)c1cccc(NCC(=O)Nc2ccc(OCCOC)cc2)c1. The van der Waals surface area contributed by atoms with E-state index in [1.807, 2.05) is 13.0 Å². The lowest BCUT2D eigenvalue weighted by molar-refractivity contribution is -0.114. The van der Waals surface area contributed by atoms with Gasteiger partial charge in [-0.3, -0.25) is 9.59 Å². The second kappa shape index (κ2) is 11.6. The number of rotatable bonds is 11. The average molecular weight is 385 g/mol. The van der Waals surface area contributed by atoms with Crippen LogP contribution in [-0.4, -0.2) is 45.2 Å². The van der Waals surface area contributed by atoms with Gasteiger partial charge in [-0.1, -0.05) is 13.0 Å². The first-order valence-corrected chi connectivity index (χ1v) is 9.26. The van der Waals surface area contributed by atoms with Crippen LogP contribution >= 0.6 is 0 Å². The third-order valence-corrected chi connectivity index (χ3v) is 3.81. The van der Waals surface area contributed by atoms with E-state index < -0.39 is 0 Å². The van der Waals surface area contributed by atoms with Crippen molar-refractivity contribution in [3.05, 3.63) is 54.1 Å². The van der Waals surface area contributed by atoms with Crippen molar-refractivity contribution in [1.29, 1.82) is 0 Å². The van der Waals surface area contributed by atoms with Crippen LogP contribution in [0.5, 0.6) is 5.75 Å². The lowest BCUT2D eigenvalue weighted by atomic mass is 10.2. The molecule has 0 saturated carbocycles. The molecule has 0 aliphatic heterocycles. The monoisotopic (exact) mass is 385 g/mol. The maximum absolute atomic E-state index is 12.1. The van der Waals surface area contributed by atoms with Gasteiger partial charge >= 0.3 is 0 Å². The van der Waals surface area contributed by atoms with Crippen LogP contribution in [0.15, 0.2) is 48.5 Å². The molecule has 2 aromatic rings. The van der Waals surface area contributed by atoms with Gasteiger partial charge in [0.05, 0.1) is 13.2 Å². The molecule has 0 unspecified atom stereocenters. The lowest BCUT2D eigenvalue weighted by Crippen LogP contribution is -2.24. The van der Waals surface area contributed by atoms with Crippen molar-refractivity contribution in [1.82, 2.24) is 5.32 Å². The standard InChI is InChI=1S/C21H27N3O4/c1-3-11-22-21(26)16-5-4-6-18(14-16)23-15-20(25)24-17-7-9-19(10-8-17)28-13-12-27-2/h4-10,14,23H,3,11-13,15H2,1-2H3,(H,22,26)(H,24,25). The Balaban J connectivity index is 1.81. The van der Waals surface area contributed by atoms with Gasteiger partial charge in [0.2, 0.25) is 5.91 Å². The number of ether oxygens (including phenoxy) is 2. The van der Waals surface area contributed by atoms with Crippen LogP contribution in [0.2, 0.25) is 0 Å². The normalized spacial score (nSPS) is 10.2.